The Morgan fingerprint density at radius 1 is 0.463 bits per heavy atom. The third-order valence-corrected chi connectivity index (χ3v) is 14.4. The number of ether oxygens (including phenoxy) is 2. The highest BCUT2D eigenvalue weighted by molar-refractivity contribution is 5.80. The summed E-state index contributed by atoms with van der Waals surface area (Å²) >= 11 is 0. The molecule has 0 aliphatic carbocycles. The summed E-state index contributed by atoms with van der Waals surface area (Å²) in [4.78, 5) is 13.2. The van der Waals surface area contributed by atoms with E-state index in [0.29, 0.717) is 19.3 Å². The minimum atomic E-state index is -1.66. The lowest BCUT2D eigenvalue weighted by Gasteiger charge is -2.40. The molecular weight excluding hydrogens is 847 g/mol. The average molecular weight is 959 g/mol. The van der Waals surface area contributed by atoms with E-state index in [2.05, 4.69) is 19.2 Å². The molecule has 0 aromatic carbocycles. The molecule has 8 N–H and O–H groups in total. The van der Waals surface area contributed by atoms with Gasteiger partial charge in [0.1, 0.15) is 36.6 Å². The van der Waals surface area contributed by atoms with Gasteiger partial charge in [-0.15, -0.1) is 0 Å². The molecule has 9 atom stereocenters. The fourth-order valence-corrected chi connectivity index (χ4v) is 9.68. The molecular formula is C56H111NO10. The van der Waals surface area contributed by atoms with Crippen LogP contribution in [0.1, 0.15) is 284 Å². The van der Waals surface area contributed by atoms with Crippen molar-refractivity contribution in [3.63, 3.8) is 0 Å². The van der Waals surface area contributed by atoms with E-state index in [9.17, 15) is 40.5 Å². The Morgan fingerprint density at radius 3 is 1.10 bits per heavy atom. The molecule has 1 fully saturated rings. The van der Waals surface area contributed by atoms with Crippen LogP contribution in [0.3, 0.4) is 0 Å². The molecule has 1 amide bonds. The molecule has 0 bridgehead atoms. The Morgan fingerprint density at radius 2 is 0.776 bits per heavy atom. The highest BCUT2D eigenvalue weighted by Crippen LogP contribution is 2.24. The lowest BCUT2D eigenvalue weighted by molar-refractivity contribution is -0.303. The number of hydrogen-bond acceptors (Lipinski definition) is 10. The fourth-order valence-electron chi connectivity index (χ4n) is 9.68. The largest absolute Gasteiger partial charge is 0.394 e. The fraction of sp³-hybridized carbons (Fsp3) is 0.982. The lowest BCUT2D eigenvalue weighted by Crippen LogP contribution is -2.60. The molecule has 9 unspecified atom stereocenters. The molecule has 0 saturated carbocycles. The molecule has 67 heavy (non-hydrogen) atoms. The van der Waals surface area contributed by atoms with Gasteiger partial charge in [-0.2, -0.15) is 0 Å². The molecule has 1 aliphatic rings. The zero-order valence-corrected chi connectivity index (χ0v) is 43.7. The van der Waals surface area contributed by atoms with Crippen molar-refractivity contribution >= 4 is 5.91 Å². The van der Waals surface area contributed by atoms with Crippen LogP contribution in [-0.2, 0) is 14.3 Å². The Hall–Kier alpha value is -0.890. The summed E-state index contributed by atoms with van der Waals surface area (Å²) in [7, 11) is 0. The molecule has 1 saturated heterocycles. The van der Waals surface area contributed by atoms with Crippen LogP contribution >= 0.6 is 0 Å². The van der Waals surface area contributed by atoms with E-state index in [4.69, 9.17) is 9.47 Å². The molecule has 0 radical (unpaired) electrons. The van der Waals surface area contributed by atoms with E-state index in [1.165, 1.54) is 205 Å². The van der Waals surface area contributed by atoms with Gasteiger partial charge < -0.3 is 50.5 Å². The maximum atomic E-state index is 13.2. The van der Waals surface area contributed by atoms with Gasteiger partial charge in [0.15, 0.2) is 6.29 Å². The third kappa shape index (κ3) is 35.0. The van der Waals surface area contributed by atoms with E-state index in [-0.39, 0.29) is 6.42 Å². The molecule has 0 aromatic heterocycles. The number of aliphatic hydroxyl groups is 7. The normalized spacial score (nSPS) is 20.5. The van der Waals surface area contributed by atoms with E-state index in [0.717, 1.165) is 38.5 Å². The summed E-state index contributed by atoms with van der Waals surface area (Å²) in [6.45, 7) is 3.48. The second kappa shape index (κ2) is 46.2. The molecule has 0 aromatic rings. The second-order valence-corrected chi connectivity index (χ2v) is 20.7. The van der Waals surface area contributed by atoms with Crippen molar-refractivity contribution in [2.45, 2.75) is 339 Å². The van der Waals surface area contributed by atoms with E-state index < -0.39 is 74.2 Å². The van der Waals surface area contributed by atoms with Gasteiger partial charge in [0.05, 0.1) is 25.4 Å². The van der Waals surface area contributed by atoms with Crippen LogP contribution in [0.25, 0.3) is 0 Å². The predicted molar refractivity (Wildman–Crippen MR) is 275 cm³/mol. The first-order valence-electron chi connectivity index (χ1n) is 28.9. The van der Waals surface area contributed by atoms with Crippen LogP contribution in [0.5, 0.6) is 0 Å². The molecule has 11 nitrogen and oxygen atoms in total. The van der Waals surface area contributed by atoms with Crippen molar-refractivity contribution in [3.8, 4) is 0 Å². The number of carbonyl (C=O) groups excluding carboxylic acids is 1. The lowest BCUT2D eigenvalue weighted by atomic mass is 9.98. The number of nitrogens with one attached hydrogen (secondary N) is 1. The highest BCUT2D eigenvalue weighted by atomic mass is 16.7. The Balaban J connectivity index is 2.23. The van der Waals surface area contributed by atoms with Gasteiger partial charge in [0, 0.05) is 0 Å². The van der Waals surface area contributed by atoms with Crippen molar-refractivity contribution in [3.05, 3.63) is 0 Å². The Bertz CT molecular complexity index is 1050. The van der Waals surface area contributed by atoms with Crippen LogP contribution in [0.4, 0.5) is 0 Å². The summed E-state index contributed by atoms with van der Waals surface area (Å²) in [5.74, 6) is -0.690. The Labute approximate surface area is 411 Å². The van der Waals surface area contributed by atoms with Gasteiger partial charge >= 0.3 is 0 Å². The van der Waals surface area contributed by atoms with E-state index in [1.807, 2.05) is 0 Å². The summed E-state index contributed by atoms with van der Waals surface area (Å²) in [5, 5.41) is 76.0. The molecule has 1 rings (SSSR count). The SMILES string of the molecule is CCCCCCCCCCCCCCCCCCCCCCCCCCCCCC(O)C(=O)NC(COC1OC(CO)C(O)C(O)C1O)C(O)C(O)CCCCCCCCCCCCCCC. The number of aliphatic hydroxyl groups excluding tert-OH is 7. The standard InChI is InChI=1S/C56H111NO10/c1-3-5-7-9-11-13-15-17-18-19-20-21-22-23-24-25-26-27-28-29-30-32-34-36-38-40-42-44-49(60)55(65)57-47(46-66-56-54(64)53(63)52(62)50(45-58)67-56)51(61)48(59)43-41-39-37-35-33-31-16-14-12-10-8-6-4-2/h47-54,56,58-64H,3-46H2,1-2H3,(H,57,65). The number of rotatable bonds is 50. The number of hydrogen-bond donors (Lipinski definition) is 8. The van der Waals surface area contributed by atoms with Gasteiger partial charge in [-0.25, -0.2) is 0 Å². The predicted octanol–water partition coefficient (Wildman–Crippen LogP) is 11.8. The van der Waals surface area contributed by atoms with Crippen molar-refractivity contribution in [1.29, 1.82) is 0 Å². The zero-order valence-electron chi connectivity index (χ0n) is 43.7. The van der Waals surface area contributed by atoms with Crippen molar-refractivity contribution in [2.75, 3.05) is 13.2 Å². The highest BCUT2D eigenvalue weighted by Gasteiger charge is 2.44. The minimum Gasteiger partial charge on any atom is -0.394 e. The molecule has 1 aliphatic heterocycles. The van der Waals surface area contributed by atoms with Crippen LogP contribution in [0, 0.1) is 0 Å². The summed E-state index contributed by atoms with van der Waals surface area (Å²) in [6, 6.07) is -1.16. The maximum Gasteiger partial charge on any atom is 0.249 e. The third-order valence-electron chi connectivity index (χ3n) is 14.4. The molecule has 0 spiro atoms. The van der Waals surface area contributed by atoms with Crippen molar-refractivity contribution < 1.29 is 50.0 Å². The molecule has 400 valence electrons. The van der Waals surface area contributed by atoms with Gasteiger partial charge in [0.25, 0.3) is 0 Å². The first kappa shape index (κ1) is 64.1. The van der Waals surface area contributed by atoms with Crippen LogP contribution in [0.15, 0.2) is 0 Å². The van der Waals surface area contributed by atoms with E-state index in [1.54, 1.807) is 0 Å². The Kier molecular flexibility index (Phi) is 44.2. The zero-order chi connectivity index (χ0) is 49.0. The maximum absolute atomic E-state index is 13.2. The van der Waals surface area contributed by atoms with Gasteiger partial charge in [-0.05, 0) is 12.8 Å². The van der Waals surface area contributed by atoms with Gasteiger partial charge in [-0.3, -0.25) is 4.79 Å². The van der Waals surface area contributed by atoms with Crippen LogP contribution in [-0.4, -0.2) is 110 Å². The smallest absolute Gasteiger partial charge is 0.249 e. The average Bonchev–Trinajstić information content (AvgIpc) is 3.33. The number of carbonyl (C=O) groups is 1. The summed E-state index contributed by atoms with van der Waals surface area (Å²) in [5.41, 5.74) is 0. The molecule has 1 heterocycles. The number of amides is 1. The van der Waals surface area contributed by atoms with Crippen LogP contribution in [0.2, 0.25) is 0 Å². The van der Waals surface area contributed by atoms with Crippen LogP contribution < -0.4 is 5.32 Å². The van der Waals surface area contributed by atoms with Gasteiger partial charge in [0.2, 0.25) is 5.91 Å². The first-order chi connectivity index (χ1) is 32.7. The second-order valence-electron chi connectivity index (χ2n) is 20.7. The molecule has 11 heteroatoms. The monoisotopic (exact) mass is 958 g/mol. The van der Waals surface area contributed by atoms with E-state index >= 15 is 0 Å². The van der Waals surface area contributed by atoms with Crippen molar-refractivity contribution in [1.82, 2.24) is 5.32 Å². The minimum absolute atomic E-state index is 0.267. The summed E-state index contributed by atoms with van der Waals surface area (Å²) < 4.78 is 11.1. The van der Waals surface area contributed by atoms with Crippen molar-refractivity contribution in [2.24, 2.45) is 0 Å². The van der Waals surface area contributed by atoms with Gasteiger partial charge in [-0.1, -0.05) is 271 Å². The summed E-state index contributed by atoms with van der Waals surface area (Å²) in [6.07, 6.45) is 40.2. The quantitative estimate of drug-likeness (QED) is 0.0273. The number of unbranched alkanes of at least 4 members (excludes halogenated alkanes) is 38. The first-order valence-corrected chi connectivity index (χ1v) is 28.9. The topological polar surface area (TPSA) is 189 Å².